The summed E-state index contributed by atoms with van der Waals surface area (Å²) in [5.41, 5.74) is 0.621. The van der Waals surface area contributed by atoms with Gasteiger partial charge in [-0.1, -0.05) is 111 Å². The number of nitrogens with one attached hydrogen (secondary N) is 3. The summed E-state index contributed by atoms with van der Waals surface area (Å²) < 4.78 is 41.6. The van der Waals surface area contributed by atoms with Crippen LogP contribution in [0.15, 0.2) is 121 Å². The number of hydrogen-bond acceptors (Lipinski definition) is 13. The van der Waals surface area contributed by atoms with Crippen molar-refractivity contribution in [2.45, 2.75) is 95.8 Å². The lowest BCUT2D eigenvalue weighted by Gasteiger charge is -2.32. The van der Waals surface area contributed by atoms with Crippen molar-refractivity contribution in [2.24, 2.45) is 5.92 Å². The first-order chi connectivity index (χ1) is 30.1. The van der Waals surface area contributed by atoms with E-state index in [0.717, 1.165) is 0 Å². The summed E-state index contributed by atoms with van der Waals surface area (Å²) >= 11 is 0. The topological polar surface area (TPSA) is 203 Å². The number of rotatable bonds is 16. The Balaban J connectivity index is 1.24. The molecule has 0 saturated carbocycles. The van der Waals surface area contributed by atoms with E-state index in [9.17, 15) is 28.8 Å². The number of alkyl carbamates (subject to hydrolysis) is 1. The Kier molecular flexibility index (Phi) is 14.9. The summed E-state index contributed by atoms with van der Waals surface area (Å²) in [5, 5.41) is 7.82. The summed E-state index contributed by atoms with van der Waals surface area (Å²) in [5.74, 6) is -6.35. The van der Waals surface area contributed by atoms with E-state index < -0.39 is 96.4 Å². The van der Waals surface area contributed by atoms with Gasteiger partial charge < -0.3 is 44.4 Å². The van der Waals surface area contributed by atoms with Crippen LogP contribution in [0, 0.1) is 5.92 Å². The average molecular weight is 866 g/mol. The van der Waals surface area contributed by atoms with E-state index in [4.69, 9.17) is 33.2 Å². The molecule has 2 aliphatic heterocycles. The predicted octanol–water partition coefficient (Wildman–Crippen LogP) is 5.30. The van der Waals surface area contributed by atoms with Crippen LogP contribution in [0.3, 0.4) is 0 Å². The van der Waals surface area contributed by atoms with Gasteiger partial charge in [-0.15, -0.1) is 0 Å². The Morgan fingerprint density at radius 3 is 1.87 bits per heavy atom. The highest BCUT2D eigenvalue weighted by Crippen LogP contribution is 2.43. The molecule has 0 spiro atoms. The number of ether oxygens (including phenoxy) is 7. The fourth-order valence-electron chi connectivity index (χ4n) is 6.73. The van der Waals surface area contributed by atoms with Gasteiger partial charge in [-0.25, -0.2) is 19.2 Å². The van der Waals surface area contributed by atoms with E-state index in [1.165, 1.54) is 0 Å². The van der Waals surface area contributed by atoms with E-state index >= 15 is 0 Å². The molecule has 63 heavy (non-hydrogen) atoms. The van der Waals surface area contributed by atoms with Gasteiger partial charge in [-0.2, -0.15) is 0 Å². The maximum atomic E-state index is 14.2. The predicted molar refractivity (Wildman–Crippen MR) is 224 cm³/mol. The molecule has 4 aromatic carbocycles. The molecule has 0 aliphatic carbocycles. The molecule has 4 aromatic rings. The summed E-state index contributed by atoms with van der Waals surface area (Å²) in [7, 11) is 0. The Morgan fingerprint density at radius 2 is 1.29 bits per heavy atom. The minimum Gasteiger partial charge on any atom is -0.459 e. The van der Waals surface area contributed by atoms with Gasteiger partial charge in [0.15, 0.2) is 18.5 Å². The number of amides is 3. The van der Waals surface area contributed by atoms with Crippen LogP contribution in [0.2, 0.25) is 0 Å². The molecular formula is C47H51N3O13. The molecule has 16 heteroatoms. The van der Waals surface area contributed by atoms with E-state index in [1.54, 1.807) is 156 Å². The molecule has 332 valence electrons. The zero-order chi connectivity index (χ0) is 45.1. The Bertz CT molecular complexity index is 2200. The lowest BCUT2D eigenvalue weighted by molar-refractivity contribution is -0.257. The minimum atomic E-state index is -2.09. The summed E-state index contributed by atoms with van der Waals surface area (Å²) in [6.07, 6.45) is -6.49. The molecular weight excluding hydrogens is 815 g/mol. The standard InChI is InChI=1S/C47H51N3O13/c1-29(2)37(43(55)62-46(3,4)5)49-40(52)34(48-45(56)58-27-30-18-10-6-11-19-30)26-36(51)50-47(33-24-16-9-17-25-33)61-39-38(60-42(54)32-22-14-8-15-23-32)35(59-44(39)63-47)28-57-41(53)31-20-12-7-13-21-31/h6-25,29,34-35,37-39,44H,26-28H2,1-5H3,(H,48,56)(H,49,52)(H,50,51)/t34-,35+,37-,38?,39?,44+,47?/m0/s1. The molecule has 3 amide bonds. The van der Waals surface area contributed by atoms with Crippen LogP contribution in [-0.4, -0.2) is 84.7 Å². The molecule has 2 fully saturated rings. The Morgan fingerprint density at radius 1 is 0.714 bits per heavy atom. The highest BCUT2D eigenvalue weighted by molar-refractivity contribution is 5.93. The molecule has 7 atom stereocenters. The second-order valence-corrected chi connectivity index (χ2v) is 16.2. The SMILES string of the molecule is CC(C)[C@H](NC(=O)[C@H](CC(=O)NC1(c2ccccc2)OC2C(OC(=O)c3ccccc3)[C@@H](COC(=O)c3ccccc3)O[C@@H]2O1)NC(=O)OCc1ccccc1)C(=O)OC(C)(C)C. The van der Waals surface area contributed by atoms with Gasteiger partial charge in [-0.3, -0.25) is 14.3 Å². The van der Waals surface area contributed by atoms with E-state index in [2.05, 4.69) is 16.0 Å². The van der Waals surface area contributed by atoms with Gasteiger partial charge in [0.2, 0.25) is 11.8 Å². The van der Waals surface area contributed by atoms with Crippen LogP contribution in [-0.2, 0) is 60.1 Å². The lowest BCUT2D eigenvalue weighted by Crippen LogP contribution is -2.56. The second-order valence-electron chi connectivity index (χ2n) is 16.2. The van der Waals surface area contributed by atoms with Crippen LogP contribution in [0.25, 0.3) is 0 Å². The minimum absolute atomic E-state index is 0.135. The number of hydrogen-bond donors (Lipinski definition) is 3. The fourth-order valence-corrected chi connectivity index (χ4v) is 6.73. The number of carbonyl (C=O) groups excluding carboxylic acids is 6. The quantitative estimate of drug-likeness (QED) is 0.0968. The molecule has 0 aromatic heterocycles. The first-order valence-corrected chi connectivity index (χ1v) is 20.5. The Hall–Kier alpha value is -6.62. The van der Waals surface area contributed by atoms with Gasteiger partial charge in [0.25, 0.3) is 5.91 Å². The summed E-state index contributed by atoms with van der Waals surface area (Å²) in [6.45, 7) is 7.99. The van der Waals surface area contributed by atoms with Crippen molar-refractivity contribution in [3.8, 4) is 0 Å². The first kappa shape index (κ1) is 45.9. The number of fused-ring (bicyclic) bond motifs is 1. The second kappa shape index (κ2) is 20.5. The van der Waals surface area contributed by atoms with Crippen LogP contribution in [0.4, 0.5) is 4.79 Å². The number of benzene rings is 4. The third-order valence-corrected chi connectivity index (χ3v) is 9.79. The van der Waals surface area contributed by atoms with Gasteiger partial charge in [0.05, 0.1) is 17.5 Å². The molecule has 3 N–H and O–H groups in total. The van der Waals surface area contributed by atoms with E-state index in [-0.39, 0.29) is 24.3 Å². The van der Waals surface area contributed by atoms with Crippen LogP contribution in [0.5, 0.6) is 0 Å². The normalized spacial score (nSPS) is 21.2. The zero-order valence-corrected chi connectivity index (χ0v) is 35.5. The first-order valence-electron chi connectivity index (χ1n) is 20.5. The fraction of sp³-hybridized carbons (Fsp3) is 0.362. The van der Waals surface area contributed by atoms with Crippen molar-refractivity contribution < 1.29 is 61.9 Å². The van der Waals surface area contributed by atoms with Crippen molar-refractivity contribution in [2.75, 3.05) is 6.61 Å². The highest BCUT2D eigenvalue weighted by Gasteiger charge is 2.61. The van der Waals surface area contributed by atoms with Crippen molar-refractivity contribution in [3.05, 3.63) is 144 Å². The van der Waals surface area contributed by atoms with E-state index in [1.807, 2.05) is 0 Å². The molecule has 2 saturated heterocycles. The van der Waals surface area contributed by atoms with Crippen molar-refractivity contribution in [1.82, 2.24) is 16.0 Å². The number of carbonyl (C=O) groups is 6. The largest absolute Gasteiger partial charge is 0.459 e. The third kappa shape index (κ3) is 12.3. The maximum absolute atomic E-state index is 14.2. The smallest absolute Gasteiger partial charge is 0.408 e. The van der Waals surface area contributed by atoms with Crippen LogP contribution < -0.4 is 16.0 Å². The van der Waals surface area contributed by atoms with E-state index in [0.29, 0.717) is 11.1 Å². The Labute approximate surface area is 364 Å². The van der Waals surface area contributed by atoms with Crippen LogP contribution in [0.1, 0.15) is 72.9 Å². The van der Waals surface area contributed by atoms with Gasteiger partial charge in [0.1, 0.15) is 37.0 Å². The summed E-state index contributed by atoms with van der Waals surface area (Å²) in [4.78, 5) is 80.9. The molecule has 3 unspecified atom stereocenters. The van der Waals surface area contributed by atoms with Crippen molar-refractivity contribution in [1.29, 1.82) is 0 Å². The average Bonchev–Trinajstić information content (AvgIpc) is 3.78. The van der Waals surface area contributed by atoms with Crippen LogP contribution >= 0.6 is 0 Å². The molecule has 0 radical (unpaired) electrons. The lowest BCUT2D eigenvalue weighted by atomic mass is 10.0. The molecule has 16 nitrogen and oxygen atoms in total. The van der Waals surface area contributed by atoms with Gasteiger partial charge >= 0.3 is 24.0 Å². The molecule has 2 heterocycles. The molecule has 0 bridgehead atoms. The maximum Gasteiger partial charge on any atom is 0.408 e. The zero-order valence-electron chi connectivity index (χ0n) is 35.5. The number of esters is 3. The third-order valence-electron chi connectivity index (χ3n) is 9.79. The summed E-state index contributed by atoms with van der Waals surface area (Å²) in [6, 6.07) is 30.9. The van der Waals surface area contributed by atoms with Crippen molar-refractivity contribution >= 4 is 35.8 Å². The molecule has 6 rings (SSSR count). The monoisotopic (exact) mass is 865 g/mol. The molecule has 2 aliphatic rings. The highest BCUT2D eigenvalue weighted by atomic mass is 16.9. The van der Waals surface area contributed by atoms with Crippen molar-refractivity contribution in [3.63, 3.8) is 0 Å². The van der Waals surface area contributed by atoms with Gasteiger partial charge in [-0.05, 0) is 56.5 Å². The van der Waals surface area contributed by atoms with Gasteiger partial charge in [0, 0.05) is 5.56 Å².